The third kappa shape index (κ3) is 3.58. The van der Waals surface area contributed by atoms with E-state index in [1.54, 1.807) is 6.92 Å². The van der Waals surface area contributed by atoms with E-state index < -0.39 is 26.5 Å². The van der Waals surface area contributed by atoms with Gasteiger partial charge in [-0.1, -0.05) is 0 Å². The molecule has 0 spiro atoms. The SMILES string of the molecule is CCOCCn1c(C(F)F)nnc1S(=O)(=O)Cl. The van der Waals surface area contributed by atoms with Crippen molar-refractivity contribution in [3.8, 4) is 0 Å². The molecule has 0 N–H and O–H groups in total. The Kier molecular flexibility index (Phi) is 4.78. The fraction of sp³-hybridized carbons (Fsp3) is 0.714. The maximum Gasteiger partial charge on any atom is 0.297 e. The van der Waals surface area contributed by atoms with Crippen LogP contribution in [0.4, 0.5) is 8.78 Å². The molecule has 0 atom stereocenters. The monoisotopic (exact) mass is 289 g/mol. The van der Waals surface area contributed by atoms with Gasteiger partial charge >= 0.3 is 0 Å². The molecule has 0 unspecified atom stereocenters. The zero-order valence-corrected chi connectivity index (χ0v) is 10.4. The highest BCUT2D eigenvalue weighted by Gasteiger charge is 2.26. The lowest BCUT2D eigenvalue weighted by Gasteiger charge is -2.07. The highest BCUT2D eigenvalue weighted by molar-refractivity contribution is 8.13. The minimum Gasteiger partial charge on any atom is -0.380 e. The van der Waals surface area contributed by atoms with Gasteiger partial charge in [0.25, 0.3) is 20.6 Å². The van der Waals surface area contributed by atoms with Crippen LogP contribution in [0.25, 0.3) is 0 Å². The number of halogens is 3. The molecular weight excluding hydrogens is 280 g/mol. The first-order valence-electron chi connectivity index (χ1n) is 4.61. The zero-order chi connectivity index (χ0) is 13.1. The molecular formula is C7H10ClF2N3O3S. The molecule has 0 bridgehead atoms. The van der Waals surface area contributed by atoms with Crippen molar-refractivity contribution >= 4 is 19.7 Å². The Bertz CT molecular complexity index is 477. The van der Waals surface area contributed by atoms with Crippen molar-refractivity contribution in [3.05, 3.63) is 5.82 Å². The van der Waals surface area contributed by atoms with Gasteiger partial charge in [0.1, 0.15) is 0 Å². The lowest BCUT2D eigenvalue weighted by Crippen LogP contribution is -2.14. The van der Waals surface area contributed by atoms with Crippen LogP contribution in [0.15, 0.2) is 5.16 Å². The van der Waals surface area contributed by atoms with E-state index in [1.807, 2.05) is 0 Å². The second kappa shape index (κ2) is 5.69. The summed E-state index contributed by atoms with van der Waals surface area (Å²) in [6, 6.07) is 0. The maximum absolute atomic E-state index is 12.5. The lowest BCUT2D eigenvalue weighted by atomic mass is 10.5. The van der Waals surface area contributed by atoms with Gasteiger partial charge in [-0.15, -0.1) is 10.2 Å². The topological polar surface area (TPSA) is 74.1 Å². The van der Waals surface area contributed by atoms with Gasteiger partial charge in [0, 0.05) is 17.3 Å². The average Bonchev–Trinajstić information content (AvgIpc) is 2.61. The smallest absolute Gasteiger partial charge is 0.297 e. The summed E-state index contributed by atoms with van der Waals surface area (Å²) >= 11 is 0. The van der Waals surface area contributed by atoms with E-state index in [4.69, 9.17) is 15.4 Å². The zero-order valence-electron chi connectivity index (χ0n) is 8.81. The summed E-state index contributed by atoms with van der Waals surface area (Å²) in [5.41, 5.74) is 0. The highest BCUT2D eigenvalue weighted by Crippen LogP contribution is 2.21. The average molecular weight is 290 g/mol. The molecule has 17 heavy (non-hydrogen) atoms. The van der Waals surface area contributed by atoms with E-state index in [9.17, 15) is 17.2 Å². The maximum atomic E-state index is 12.5. The van der Waals surface area contributed by atoms with Gasteiger partial charge in [-0.25, -0.2) is 17.2 Å². The van der Waals surface area contributed by atoms with Gasteiger partial charge in [-0.2, -0.15) is 0 Å². The van der Waals surface area contributed by atoms with Crippen molar-refractivity contribution in [2.75, 3.05) is 13.2 Å². The minimum atomic E-state index is -4.21. The van der Waals surface area contributed by atoms with E-state index in [0.717, 1.165) is 4.57 Å². The summed E-state index contributed by atoms with van der Waals surface area (Å²) in [6.07, 6.45) is -2.93. The van der Waals surface area contributed by atoms with Crippen LogP contribution in [0.1, 0.15) is 19.2 Å². The van der Waals surface area contributed by atoms with Crippen LogP contribution >= 0.6 is 10.7 Å². The summed E-state index contributed by atoms with van der Waals surface area (Å²) in [5, 5.41) is 5.55. The molecule has 0 aliphatic rings. The van der Waals surface area contributed by atoms with Crippen molar-refractivity contribution in [2.45, 2.75) is 25.1 Å². The third-order valence-electron chi connectivity index (χ3n) is 1.82. The molecule has 98 valence electrons. The Morgan fingerprint density at radius 3 is 2.59 bits per heavy atom. The fourth-order valence-electron chi connectivity index (χ4n) is 1.15. The molecule has 1 aromatic heterocycles. The van der Waals surface area contributed by atoms with Crippen molar-refractivity contribution in [1.29, 1.82) is 0 Å². The summed E-state index contributed by atoms with van der Waals surface area (Å²) in [4.78, 5) is 0. The van der Waals surface area contributed by atoms with Crippen LogP contribution in [0, 0.1) is 0 Å². The molecule has 0 saturated carbocycles. The van der Waals surface area contributed by atoms with E-state index in [1.165, 1.54) is 0 Å². The molecule has 1 heterocycles. The Hall–Kier alpha value is -0.800. The normalized spacial score (nSPS) is 12.3. The molecule has 1 rings (SSSR count). The summed E-state index contributed by atoms with van der Waals surface area (Å²) in [7, 11) is 0.847. The number of alkyl halides is 2. The van der Waals surface area contributed by atoms with Crippen LogP contribution in [0.3, 0.4) is 0 Å². The molecule has 0 aromatic carbocycles. The standard InChI is InChI=1S/C7H10ClF2N3O3S/c1-2-16-4-3-13-6(5(9)10)11-12-7(13)17(8,14)15/h5H,2-4H2,1H3. The Morgan fingerprint density at radius 1 is 1.47 bits per heavy atom. The molecule has 6 nitrogen and oxygen atoms in total. The molecule has 0 aliphatic carbocycles. The van der Waals surface area contributed by atoms with Gasteiger partial charge in [0.05, 0.1) is 13.2 Å². The first kappa shape index (κ1) is 14.3. The van der Waals surface area contributed by atoms with Gasteiger partial charge in [-0.05, 0) is 6.92 Å². The Morgan fingerprint density at radius 2 is 2.12 bits per heavy atom. The summed E-state index contributed by atoms with van der Waals surface area (Å²) in [6.45, 7) is 2.06. The number of aromatic nitrogens is 3. The predicted molar refractivity (Wildman–Crippen MR) is 54.5 cm³/mol. The van der Waals surface area contributed by atoms with E-state index in [0.29, 0.717) is 6.61 Å². The Labute approximate surface area is 101 Å². The van der Waals surface area contributed by atoms with E-state index in [-0.39, 0.29) is 13.2 Å². The molecule has 0 radical (unpaired) electrons. The largest absolute Gasteiger partial charge is 0.380 e. The van der Waals surface area contributed by atoms with Gasteiger partial charge in [0.15, 0.2) is 0 Å². The lowest BCUT2D eigenvalue weighted by molar-refractivity contribution is 0.116. The Balaban J connectivity index is 3.07. The van der Waals surface area contributed by atoms with Crippen molar-refractivity contribution in [3.63, 3.8) is 0 Å². The number of hydrogen-bond acceptors (Lipinski definition) is 5. The molecule has 0 fully saturated rings. The van der Waals surface area contributed by atoms with Crippen LogP contribution < -0.4 is 0 Å². The molecule has 0 amide bonds. The quantitative estimate of drug-likeness (QED) is 0.581. The van der Waals surface area contributed by atoms with E-state index in [2.05, 4.69) is 10.2 Å². The predicted octanol–water partition coefficient (Wildman–Crippen LogP) is 1.18. The first-order valence-corrected chi connectivity index (χ1v) is 6.92. The van der Waals surface area contributed by atoms with Crippen LogP contribution in [-0.2, 0) is 20.3 Å². The van der Waals surface area contributed by atoms with Gasteiger partial charge in [-0.3, -0.25) is 4.57 Å². The van der Waals surface area contributed by atoms with Crippen molar-refractivity contribution in [2.24, 2.45) is 0 Å². The molecule has 0 aliphatic heterocycles. The third-order valence-corrected chi connectivity index (χ3v) is 2.97. The summed E-state index contributed by atoms with van der Waals surface area (Å²) in [5.74, 6) is -0.746. The van der Waals surface area contributed by atoms with Crippen molar-refractivity contribution in [1.82, 2.24) is 14.8 Å². The van der Waals surface area contributed by atoms with E-state index >= 15 is 0 Å². The van der Waals surface area contributed by atoms with Crippen molar-refractivity contribution < 1.29 is 21.9 Å². The van der Waals surface area contributed by atoms with Gasteiger partial charge < -0.3 is 4.74 Å². The summed E-state index contributed by atoms with van der Waals surface area (Å²) < 4.78 is 52.9. The van der Waals surface area contributed by atoms with Crippen LogP contribution in [0.5, 0.6) is 0 Å². The number of nitrogens with zero attached hydrogens (tertiary/aromatic N) is 3. The second-order valence-corrected chi connectivity index (χ2v) is 5.39. The number of rotatable bonds is 6. The second-order valence-electron chi connectivity index (χ2n) is 2.93. The first-order chi connectivity index (χ1) is 7.88. The minimum absolute atomic E-state index is 0.0632. The molecule has 1 aromatic rings. The fourth-order valence-corrected chi connectivity index (χ4v) is 2.08. The molecule has 10 heteroatoms. The molecule has 0 saturated heterocycles. The number of ether oxygens (including phenoxy) is 1. The van der Waals surface area contributed by atoms with Crippen LogP contribution in [-0.4, -0.2) is 36.4 Å². The number of hydrogen-bond donors (Lipinski definition) is 0. The van der Waals surface area contributed by atoms with Crippen LogP contribution in [0.2, 0.25) is 0 Å². The van der Waals surface area contributed by atoms with Gasteiger partial charge in [0.2, 0.25) is 5.82 Å². The highest BCUT2D eigenvalue weighted by atomic mass is 35.7.